The fourth-order valence-electron chi connectivity index (χ4n) is 2.94. The molecule has 0 aliphatic heterocycles. The lowest BCUT2D eigenvalue weighted by Gasteiger charge is -2.39. The molecule has 0 saturated heterocycles. The number of benzene rings is 1. The molecule has 1 aliphatic rings. The Hall–Kier alpha value is -2.28. The van der Waals surface area contributed by atoms with Crippen molar-refractivity contribution in [2.24, 2.45) is 0 Å². The summed E-state index contributed by atoms with van der Waals surface area (Å²) in [4.78, 5) is 24.3. The Morgan fingerprint density at radius 1 is 1.38 bits per heavy atom. The van der Waals surface area contributed by atoms with Gasteiger partial charge in [0.05, 0.1) is 7.11 Å². The van der Waals surface area contributed by atoms with E-state index in [0.717, 1.165) is 17.5 Å². The van der Waals surface area contributed by atoms with E-state index in [2.05, 4.69) is 24.1 Å². The van der Waals surface area contributed by atoms with Gasteiger partial charge in [-0.3, -0.25) is 4.79 Å². The number of rotatable bonds is 2. The summed E-state index contributed by atoms with van der Waals surface area (Å²) in [7, 11) is 1.34. The molecule has 1 N–H and O–H groups in total. The second kappa shape index (κ2) is 6.01. The largest absolute Gasteiger partial charge is 0.467 e. The number of hydrogen-bond donors (Lipinski definition) is 1. The minimum atomic E-state index is -1.14. The summed E-state index contributed by atoms with van der Waals surface area (Å²) in [5.41, 5.74) is 0.736. The van der Waals surface area contributed by atoms with Gasteiger partial charge >= 0.3 is 5.97 Å². The summed E-state index contributed by atoms with van der Waals surface area (Å²) >= 11 is 0. The molecule has 0 aromatic heterocycles. The number of hydrogen-bond acceptors (Lipinski definition) is 3. The maximum atomic E-state index is 12.4. The zero-order chi connectivity index (χ0) is 15.5. The molecule has 0 radical (unpaired) electrons. The van der Waals surface area contributed by atoms with Crippen molar-refractivity contribution in [3.05, 3.63) is 35.4 Å². The van der Waals surface area contributed by atoms with Crippen molar-refractivity contribution in [2.45, 2.75) is 38.1 Å². The highest BCUT2D eigenvalue weighted by Gasteiger charge is 2.47. The van der Waals surface area contributed by atoms with Crippen LogP contribution in [0.2, 0.25) is 0 Å². The molecular weight excluding hydrogens is 266 g/mol. The van der Waals surface area contributed by atoms with Crippen LogP contribution >= 0.6 is 0 Å². The van der Waals surface area contributed by atoms with Gasteiger partial charge in [0.2, 0.25) is 0 Å². The average Bonchev–Trinajstić information content (AvgIpc) is 2.50. The van der Waals surface area contributed by atoms with Crippen molar-refractivity contribution in [1.82, 2.24) is 5.32 Å². The lowest BCUT2D eigenvalue weighted by molar-refractivity contribution is -0.151. The van der Waals surface area contributed by atoms with Crippen LogP contribution < -0.4 is 5.32 Å². The Morgan fingerprint density at radius 2 is 2.10 bits per heavy atom. The van der Waals surface area contributed by atoms with Gasteiger partial charge in [-0.05, 0) is 42.7 Å². The summed E-state index contributed by atoms with van der Waals surface area (Å²) < 4.78 is 4.96. The Kier molecular flexibility index (Phi) is 4.32. The molecule has 1 aliphatic carbocycles. The van der Waals surface area contributed by atoms with Crippen LogP contribution in [0.15, 0.2) is 24.3 Å². The molecule has 21 heavy (non-hydrogen) atoms. The van der Waals surface area contributed by atoms with Crippen LogP contribution in [-0.2, 0) is 19.9 Å². The van der Waals surface area contributed by atoms with Crippen LogP contribution in [0.1, 0.15) is 43.7 Å². The normalized spacial score (nSPS) is 23.3. The van der Waals surface area contributed by atoms with Crippen molar-refractivity contribution in [3.63, 3.8) is 0 Å². The number of ether oxygens (including phenoxy) is 1. The minimum absolute atomic E-state index is 0.341. The molecular formula is C17H19NO3. The van der Waals surface area contributed by atoms with Gasteiger partial charge in [0, 0.05) is 0 Å². The van der Waals surface area contributed by atoms with E-state index in [1.54, 1.807) is 6.92 Å². The Labute approximate surface area is 124 Å². The second-order valence-electron chi connectivity index (χ2n) is 5.25. The highest BCUT2D eigenvalue weighted by Crippen LogP contribution is 2.41. The third-order valence-corrected chi connectivity index (χ3v) is 4.00. The van der Waals surface area contributed by atoms with Gasteiger partial charge in [0.15, 0.2) is 5.54 Å². The van der Waals surface area contributed by atoms with E-state index in [4.69, 9.17) is 4.74 Å². The van der Waals surface area contributed by atoms with Gasteiger partial charge in [-0.1, -0.05) is 37.1 Å². The van der Waals surface area contributed by atoms with E-state index < -0.39 is 17.4 Å². The molecule has 4 heteroatoms. The lowest BCUT2D eigenvalue weighted by Crippen LogP contribution is -2.54. The van der Waals surface area contributed by atoms with Crippen LogP contribution in [0.3, 0.4) is 0 Å². The molecule has 0 saturated carbocycles. The Morgan fingerprint density at radius 3 is 2.76 bits per heavy atom. The number of carbonyl (C=O) groups is 2. The molecule has 110 valence electrons. The van der Waals surface area contributed by atoms with Crippen molar-refractivity contribution in [1.29, 1.82) is 0 Å². The number of methoxy groups -OCH3 is 1. The summed E-state index contributed by atoms with van der Waals surface area (Å²) in [6.45, 7) is 3.70. The van der Waals surface area contributed by atoms with E-state index in [0.29, 0.717) is 12.3 Å². The van der Waals surface area contributed by atoms with E-state index >= 15 is 0 Å². The van der Waals surface area contributed by atoms with E-state index in [9.17, 15) is 9.59 Å². The number of amides is 1. The minimum Gasteiger partial charge on any atom is -0.467 e. The summed E-state index contributed by atoms with van der Waals surface area (Å²) in [5.74, 6) is 4.41. The third kappa shape index (κ3) is 2.64. The van der Waals surface area contributed by atoms with Gasteiger partial charge in [-0.25, -0.2) is 4.79 Å². The van der Waals surface area contributed by atoms with Gasteiger partial charge in [0.1, 0.15) is 0 Å². The number of fused-ring (bicyclic) bond motifs is 1. The van der Waals surface area contributed by atoms with E-state index in [-0.39, 0.29) is 0 Å². The molecule has 0 spiro atoms. The number of nitrogens with one attached hydrogen (secondary N) is 1. The SMILES string of the molecule is CC#CC(=O)NC1(C(=O)OC)CCC(C)c2ccccc21. The molecule has 1 aromatic rings. The van der Waals surface area contributed by atoms with Gasteiger partial charge in [-0.15, -0.1) is 0 Å². The average molecular weight is 285 g/mol. The van der Waals surface area contributed by atoms with Gasteiger partial charge in [0.25, 0.3) is 5.91 Å². The zero-order valence-corrected chi connectivity index (χ0v) is 12.5. The first-order chi connectivity index (χ1) is 10.0. The maximum Gasteiger partial charge on any atom is 0.336 e. The number of carbonyl (C=O) groups excluding carboxylic acids is 2. The molecule has 4 nitrogen and oxygen atoms in total. The zero-order valence-electron chi connectivity index (χ0n) is 12.5. The standard InChI is InChI=1S/C17H19NO3/c1-4-7-15(19)18-17(16(20)21-3)11-10-12(2)13-8-5-6-9-14(13)17/h5-6,8-9,12H,10-11H2,1-3H3,(H,18,19). The molecule has 0 bridgehead atoms. The summed E-state index contributed by atoms with van der Waals surface area (Å²) in [6, 6.07) is 7.68. The van der Waals surface area contributed by atoms with Gasteiger partial charge < -0.3 is 10.1 Å². The first-order valence-corrected chi connectivity index (χ1v) is 6.98. The van der Waals surface area contributed by atoms with Crippen LogP contribution in [0, 0.1) is 11.8 Å². The molecule has 0 fully saturated rings. The quantitative estimate of drug-likeness (QED) is 0.668. The first-order valence-electron chi connectivity index (χ1n) is 6.98. The smallest absolute Gasteiger partial charge is 0.336 e. The molecule has 1 amide bonds. The lowest BCUT2D eigenvalue weighted by atomic mass is 9.72. The van der Waals surface area contributed by atoms with Crippen LogP contribution in [0.4, 0.5) is 0 Å². The number of esters is 1. The molecule has 0 heterocycles. The molecule has 1 aromatic carbocycles. The van der Waals surface area contributed by atoms with Crippen molar-refractivity contribution < 1.29 is 14.3 Å². The van der Waals surface area contributed by atoms with Crippen LogP contribution in [0.25, 0.3) is 0 Å². The monoisotopic (exact) mass is 285 g/mol. The van der Waals surface area contributed by atoms with E-state index in [1.165, 1.54) is 7.11 Å². The third-order valence-electron chi connectivity index (χ3n) is 4.00. The fourth-order valence-corrected chi connectivity index (χ4v) is 2.94. The highest BCUT2D eigenvalue weighted by molar-refractivity contribution is 5.98. The Bertz CT molecular complexity index is 626. The second-order valence-corrected chi connectivity index (χ2v) is 5.25. The highest BCUT2D eigenvalue weighted by atomic mass is 16.5. The molecule has 2 rings (SSSR count). The Balaban J connectivity index is 2.55. The van der Waals surface area contributed by atoms with Crippen molar-refractivity contribution in [2.75, 3.05) is 7.11 Å². The van der Waals surface area contributed by atoms with Gasteiger partial charge in [-0.2, -0.15) is 0 Å². The van der Waals surface area contributed by atoms with Crippen LogP contribution in [-0.4, -0.2) is 19.0 Å². The fraction of sp³-hybridized carbons (Fsp3) is 0.412. The predicted octanol–water partition coefficient (Wildman–Crippen LogP) is 2.09. The summed E-state index contributed by atoms with van der Waals surface area (Å²) in [5, 5.41) is 2.77. The molecule has 2 atom stereocenters. The van der Waals surface area contributed by atoms with Crippen molar-refractivity contribution in [3.8, 4) is 11.8 Å². The topological polar surface area (TPSA) is 55.4 Å². The first kappa shape index (κ1) is 15.1. The van der Waals surface area contributed by atoms with E-state index in [1.807, 2.05) is 24.3 Å². The van der Waals surface area contributed by atoms with Crippen LogP contribution in [0.5, 0.6) is 0 Å². The predicted molar refractivity (Wildman–Crippen MR) is 79.4 cm³/mol. The summed E-state index contributed by atoms with van der Waals surface area (Å²) in [6.07, 6.45) is 1.31. The maximum absolute atomic E-state index is 12.4. The molecule has 2 unspecified atom stereocenters. The van der Waals surface area contributed by atoms with Crippen molar-refractivity contribution >= 4 is 11.9 Å².